The Kier molecular flexibility index (Phi) is 4.50. The van der Waals surface area contributed by atoms with Gasteiger partial charge in [-0.15, -0.1) is 0 Å². The highest BCUT2D eigenvalue weighted by molar-refractivity contribution is 7.91. The number of nitrogens with zero attached hydrogens (tertiary/aromatic N) is 3. The molecule has 0 spiro atoms. The van der Waals surface area contributed by atoms with Crippen LogP contribution in [0.5, 0.6) is 5.75 Å². The fraction of sp³-hybridized carbons (Fsp3) is 0.579. The molecule has 1 aromatic heterocycles. The van der Waals surface area contributed by atoms with Crippen LogP contribution in [-0.2, 0) is 9.84 Å². The predicted molar refractivity (Wildman–Crippen MR) is 100 cm³/mol. The third-order valence-corrected chi connectivity index (χ3v) is 7.27. The van der Waals surface area contributed by atoms with Crippen LogP contribution in [0.15, 0.2) is 18.2 Å². The molecule has 6 nitrogen and oxygen atoms in total. The van der Waals surface area contributed by atoms with Gasteiger partial charge in [-0.3, -0.25) is 0 Å². The predicted octanol–water partition coefficient (Wildman–Crippen LogP) is 3.28. The molecule has 4 rings (SSSR count). The number of hydrogen-bond acceptors (Lipinski definition) is 5. The van der Waals surface area contributed by atoms with E-state index in [1.54, 1.807) is 7.11 Å². The van der Waals surface area contributed by atoms with E-state index in [4.69, 9.17) is 14.8 Å². The van der Waals surface area contributed by atoms with Gasteiger partial charge in [0.15, 0.2) is 21.5 Å². The van der Waals surface area contributed by atoms with Gasteiger partial charge >= 0.3 is 0 Å². The maximum absolute atomic E-state index is 12.0. The molecule has 1 aromatic carbocycles. The SMILES string of the molecule is COc1cc(C)ccc1-c1nc(C2CCCC2)nn1[C@H]1CCS(=O)(=O)C1. The molecule has 0 amide bonds. The number of aromatic nitrogens is 3. The molecule has 7 heteroatoms. The van der Waals surface area contributed by atoms with Crippen LogP contribution in [0.3, 0.4) is 0 Å². The van der Waals surface area contributed by atoms with Gasteiger partial charge in [-0.25, -0.2) is 18.1 Å². The lowest BCUT2D eigenvalue weighted by Gasteiger charge is -2.14. The Morgan fingerprint density at radius 3 is 2.62 bits per heavy atom. The molecule has 1 aliphatic carbocycles. The summed E-state index contributed by atoms with van der Waals surface area (Å²) in [7, 11) is -1.34. The first-order valence-electron chi connectivity index (χ1n) is 9.29. The topological polar surface area (TPSA) is 74.1 Å². The van der Waals surface area contributed by atoms with E-state index in [-0.39, 0.29) is 17.5 Å². The summed E-state index contributed by atoms with van der Waals surface area (Å²) in [5, 5.41) is 4.80. The van der Waals surface area contributed by atoms with Gasteiger partial charge < -0.3 is 4.74 Å². The van der Waals surface area contributed by atoms with Crippen molar-refractivity contribution in [2.75, 3.05) is 18.6 Å². The normalized spacial score (nSPS) is 22.8. The van der Waals surface area contributed by atoms with E-state index < -0.39 is 9.84 Å². The van der Waals surface area contributed by atoms with Gasteiger partial charge in [0.2, 0.25) is 0 Å². The fourth-order valence-corrected chi connectivity index (χ4v) is 5.78. The average Bonchev–Trinajstić information content (AvgIpc) is 3.33. The lowest BCUT2D eigenvalue weighted by atomic mass is 10.1. The molecule has 2 aliphatic rings. The minimum absolute atomic E-state index is 0.141. The van der Waals surface area contributed by atoms with Crippen molar-refractivity contribution >= 4 is 9.84 Å². The summed E-state index contributed by atoms with van der Waals surface area (Å²) in [5.41, 5.74) is 1.98. The summed E-state index contributed by atoms with van der Waals surface area (Å²) in [5.74, 6) is 3.07. The zero-order valence-corrected chi connectivity index (χ0v) is 16.1. The van der Waals surface area contributed by atoms with E-state index >= 15 is 0 Å². The lowest BCUT2D eigenvalue weighted by molar-refractivity contribution is 0.414. The largest absolute Gasteiger partial charge is 0.496 e. The van der Waals surface area contributed by atoms with Gasteiger partial charge in [0, 0.05) is 5.92 Å². The number of benzene rings is 1. The average molecular weight is 375 g/mol. The highest BCUT2D eigenvalue weighted by Gasteiger charge is 2.34. The van der Waals surface area contributed by atoms with Gasteiger partial charge in [-0.1, -0.05) is 18.9 Å². The molecule has 1 atom stereocenters. The third kappa shape index (κ3) is 3.24. The number of aryl methyl sites for hydroxylation is 1. The Labute approximate surface area is 154 Å². The minimum Gasteiger partial charge on any atom is -0.496 e. The van der Waals surface area contributed by atoms with Crippen LogP contribution in [0.25, 0.3) is 11.4 Å². The van der Waals surface area contributed by atoms with Crippen molar-refractivity contribution in [3.8, 4) is 17.1 Å². The molecule has 26 heavy (non-hydrogen) atoms. The van der Waals surface area contributed by atoms with Gasteiger partial charge in [0.25, 0.3) is 0 Å². The minimum atomic E-state index is -2.99. The molecule has 2 fully saturated rings. The number of hydrogen-bond donors (Lipinski definition) is 0. The van der Waals surface area contributed by atoms with Crippen LogP contribution in [0.2, 0.25) is 0 Å². The maximum Gasteiger partial charge on any atom is 0.162 e. The second kappa shape index (κ2) is 6.68. The molecular weight excluding hydrogens is 350 g/mol. The van der Waals surface area contributed by atoms with Crippen LogP contribution in [0, 0.1) is 6.92 Å². The molecule has 0 bridgehead atoms. The highest BCUT2D eigenvalue weighted by atomic mass is 32.2. The van der Waals surface area contributed by atoms with Crippen molar-refractivity contribution in [3.63, 3.8) is 0 Å². The van der Waals surface area contributed by atoms with E-state index in [1.165, 1.54) is 12.8 Å². The van der Waals surface area contributed by atoms with E-state index in [9.17, 15) is 8.42 Å². The number of methoxy groups -OCH3 is 1. The Morgan fingerprint density at radius 2 is 1.96 bits per heavy atom. The molecule has 2 heterocycles. The highest BCUT2D eigenvalue weighted by Crippen LogP contribution is 2.37. The van der Waals surface area contributed by atoms with Crippen LogP contribution in [0.1, 0.15) is 55.5 Å². The first-order valence-corrected chi connectivity index (χ1v) is 11.1. The number of sulfone groups is 1. The molecule has 140 valence electrons. The molecule has 2 aromatic rings. The zero-order valence-electron chi connectivity index (χ0n) is 15.3. The summed E-state index contributed by atoms with van der Waals surface area (Å²) in [6.45, 7) is 2.02. The van der Waals surface area contributed by atoms with E-state index in [0.717, 1.165) is 41.4 Å². The molecular formula is C19H25N3O3S. The monoisotopic (exact) mass is 375 g/mol. The summed E-state index contributed by atoms with van der Waals surface area (Å²) in [6, 6.07) is 5.85. The summed E-state index contributed by atoms with van der Waals surface area (Å²) in [6.07, 6.45) is 5.23. The van der Waals surface area contributed by atoms with Crippen molar-refractivity contribution in [1.82, 2.24) is 14.8 Å². The third-order valence-electron chi connectivity index (χ3n) is 5.52. The zero-order chi connectivity index (χ0) is 18.3. The molecule has 1 saturated heterocycles. The van der Waals surface area contributed by atoms with Crippen molar-refractivity contribution < 1.29 is 13.2 Å². The van der Waals surface area contributed by atoms with Gasteiger partial charge in [-0.2, -0.15) is 5.10 Å². The summed E-state index contributed by atoms with van der Waals surface area (Å²) < 4.78 is 31.4. The van der Waals surface area contributed by atoms with Gasteiger partial charge in [-0.05, 0) is 43.9 Å². The molecule has 1 saturated carbocycles. The van der Waals surface area contributed by atoms with Gasteiger partial charge in [0.05, 0.1) is 30.2 Å². The number of rotatable bonds is 4. The van der Waals surface area contributed by atoms with Crippen molar-refractivity contribution in [2.45, 2.75) is 51.0 Å². The molecule has 1 aliphatic heterocycles. The molecule has 0 unspecified atom stereocenters. The Balaban J connectivity index is 1.82. The molecule has 0 radical (unpaired) electrons. The summed E-state index contributed by atoms with van der Waals surface area (Å²) in [4.78, 5) is 4.87. The summed E-state index contributed by atoms with van der Waals surface area (Å²) >= 11 is 0. The van der Waals surface area contributed by atoms with Crippen LogP contribution < -0.4 is 4.74 Å². The van der Waals surface area contributed by atoms with Gasteiger partial charge in [0.1, 0.15) is 5.75 Å². The van der Waals surface area contributed by atoms with E-state index in [1.807, 2.05) is 29.8 Å². The van der Waals surface area contributed by atoms with Crippen molar-refractivity contribution in [2.24, 2.45) is 0 Å². The fourth-order valence-electron chi connectivity index (χ4n) is 4.09. The Morgan fingerprint density at radius 1 is 1.19 bits per heavy atom. The second-order valence-electron chi connectivity index (χ2n) is 7.48. The van der Waals surface area contributed by atoms with Crippen LogP contribution >= 0.6 is 0 Å². The maximum atomic E-state index is 12.0. The van der Waals surface area contributed by atoms with Crippen LogP contribution in [0.4, 0.5) is 0 Å². The Bertz CT molecular complexity index is 914. The van der Waals surface area contributed by atoms with E-state index in [2.05, 4.69) is 0 Å². The van der Waals surface area contributed by atoms with E-state index in [0.29, 0.717) is 12.3 Å². The Hall–Kier alpha value is -1.89. The smallest absolute Gasteiger partial charge is 0.162 e. The van der Waals surface area contributed by atoms with Crippen molar-refractivity contribution in [1.29, 1.82) is 0 Å². The molecule has 0 N–H and O–H groups in total. The number of ether oxygens (including phenoxy) is 1. The lowest BCUT2D eigenvalue weighted by Crippen LogP contribution is -2.14. The quantitative estimate of drug-likeness (QED) is 0.820. The standard InChI is InChI=1S/C19H25N3O3S/c1-13-7-8-16(17(11-13)25-2)19-20-18(14-5-3-4-6-14)21-22(19)15-9-10-26(23,24)12-15/h7-8,11,14-15H,3-6,9-10,12H2,1-2H3/t15-/m0/s1. The first-order chi connectivity index (χ1) is 12.5. The van der Waals surface area contributed by atoms with Crippen LogP contribution in [-0.4, -0.2) is 41.8 Å². The van der Waals surface area contributed by atoms with Crippen molar-refractivity contribution in [3.05, 3.63) is 29.6 Å². The second-order valence-corrected chi connectivity index (χ2v) is 9.71. The first kappa shape index (κ1) is 17.5.